The van der Waals surface area contributed by atoms with Gasteiger partial charge in [-0.15, -0.1) is 0 Å². The zero-order valence-electron chi connectivity index (χ0n) is 6.75. The summed E-state index contributed by atoms with van der Waals surface area (Å²) < 4.78 is 23.8. The molecule has 8 heteroatoms. The van der Waals surface area contributed by atoms with Gasteiger partial charge in [0.15, 0.2) is 6.29 Å². The lowest BCUT2D eigenvalue weighted by Gasteiger charge is -2.13. The lowest BCUT2D eigenvalue weighted by atomic mass is 10.4. The Hall–Kier alpha value is -0.0900. The van der Waals surface area contributed by atoms with Crippen LogP contribution in [-0.2, 0) is 15.5 Å². The average Bonchev–Trinajstić information content (AvgIpc) is 2.00. The van der Waals surface area contributed by atoms with E-state index in [1.54, 1.807) is 0 Å². The SMILES string of the molecule is O=S([O-])OCC(O)CNCC(O)O. The van der Waals surface area contributed by atoms with Crippen LogP contribution in [0.3, 0.4) is 0 Å². The van der Waals surface area contributed by atoms with Gasteiger partial charge >= 0.3 is 0 Å². The number of aliphatic hydroxyl groups excluding tert-OH is 2. The Bertz CT molecular complexity index is 154. The van der Waals surface area contributed by atoms with Crippen molar-refractivity contribution < 1.29 is 28.3 Å². The second-order valence-electron chi connectivity index (χ2n) is 2.28. The van der Waals surface area contributed by atoms with Gasteiger partial charge in [0.05, 0.1) is 24.1 Å². The molecule has 0 spiro atoms. The minimum atomic E-state index is -2.64. The molecular formula is C5H12NO6S-. The Labute approximate surface area is 77.8 Å². The fourth-order valence-corrected chi connectivity index (χ4v) is 0.840. The largest absolute Gasteiger partial charge is 0.750 e. The van der Waals surface area contributed by atoms with Gasteiger partial charge in [-0.2, -0.15) is 0 Å². The first-order valence-corrected chi connectivity index (χ1v) is 4.50. The number of nitrogens with one attached hydrogen (secondary N) is 1. The van der Waals surface area contributed by atoms with Crippen molar-refractivity contribution in [2.75, 3.05) is 19.7 Å². The Balaban J connectivity index is 3.30. The van der Waals surface area contributed by atoms with Gasteiger partial charge in [0.25, 0.3) is 0 Å². The van der Waals surface area contributed by atoms with Crippen LogP contribution in [0.5, 0.6) is 0 Å². The van der Waals surface area contributed by atoms with E-state index in [9.17, 15) is 8.76 Å². The van der Waals surface area contributed by atoms with Gasteiger partial charge in [0, 0.05) is 13.1 Å². The number of rotatable bonds is 7. The Morgan fingerprint density at radius 2 is 2.00 bits per heavy atom. The number of aliphatic hydroxyl groups is 3. The van der Waals surface area contributed by atoms with E-state index in [0.29, 0.717) is 0 Å². The summed E-state index contributed by atoms with van der Waals surface area (Å²) in [4.78, 5) is 0. The summed E-state index contributed by atoms with van der Waals surface area (Å²) in [6, 6.07) is 0. The first-order chi connectivity index (χ1) is 6.02. The van der Waals surface area contributed by atoms with E-state index in [2.05, 4.69) is 9.50 Å². The van der Waals surface area contributed by atoms with Crippen LogP contribution in [0.1, 0.15) is 0 Å². The molecule has 80 valence electrons. The zero-order chi connectivity index (χ0) is 10.3. The van der Waals surface area contributed by atoms with Crippen LogP contribution in [0, 0.1) is 0 Å². The fourth-order valence-electron chi connectivity index (χ4n) is 0.572. The average molecular weight is 214 g/mol. The van der Waals surface area contributed by atoms with Crippen molar-refractivity contribution in [2.24, 2.45) is 0 Å². The molecule has 0 aromatic rings. The first-order valence-electron chi connectivity index (χ1n) is 3.50. The third-order valence-corrected chi connectivity index (χ3v) is 1.39. The highest BCUT2D eigenvalue weighted by Crippen LogP contribution is 1.86. The van der Waals surface area contributed by atoms with Gasteiger partial charge in [-0.05, 0) is 0 Å². The maximum Gasteiger partial charge on any atom is 0.164 e. The van der Waals surface area contributed by atoms with Gasteiger partial charge in [0.1, 0.15) is 0 Å². The standard InChI is InChI=1S/C5H13NO6S/c7-4(3-12-13(10)11)1-6-2-5(8)9/h4-9H,1-3H2,(H,10,11)/p-1. The molecule has 4 N–H and O–H groups in total. The van der Waals surface area contributed by atoms with Crippen LogP contribution in [0.4, 0.5) is 0 Å². The Morgan fingerprint density at radius 1 is 1.38 bits per heavy atom. The smallest absolute Gasteiger partial charge is 0.164 e. The predicted molar refractivity (Wildman–Crippen MR) is 42.0 cm³/mol. The predicted octanol–water partition coefficient (Wildman–Crippen LogP) is -2.94. The molecule has 0 heterocycles. The van der Waals surface area contributed by atoms with Gasteiger partial charge in [0.2, 0.25) is 0 Å². The van der Waals surface area contributed by atoms with Crippen molar-refractivity contribution in [3.63, 3.8) is 0 Å². The highest BCUT2D eigenvalue weighted by molar-refractivity contribution is 7.74. The molecular weight excluding hydrogens is 202 g/mol. The topological polar surface area (TPSA) is 122 Å². The van der Waals surface area contributed by atoms with E-state index < -0.39 is 23.8 Å². The van der Waals surface area contributed by atoms with Crippen molar-refractivity contribution in [3.05, 3.63) is 0 Å². The summed E-state index contributed by atoms with van der Waals surface area (Å²) in [6.45, 7) is -0.434. The molecule has 7 nitrogen and oxygen atoms in total. The Kier molecular flexibility index (Phi) is 7.28. The molecule has 0 saturated carbocycles. The molecule has 2 atom stereocenters. The van der Waals surface area contributed by atoms with Crippen molar-refractivity contribution in [2.45, 2.75) is 12.4 Å². The molecule has 0 aliphatic rings. The molecule has 0 aliphatic heterocycles. The molecule has 0 saturated heterocycles. The van der Waals surface area contributed by atoms with Crippen molar-refractivity contribution >= 4 is 11.4 Å². The highest BCUT2D eigenvalue weighted by atomic mass is 32.2. The lowest BCUT2D eigenvalue weighted by Crippen LogP contribution is -2.35. The van der Waals surface area contributed by atoms with Crippen molar-refractivity contribution in [3.8, 4) is 0 Å². The monoisotopic (exact) mass is 214 g/mol. The van der Waals surface area contributed by atoms with E-state index in [-0.39, 0.29) is 19.7 Å². The first kappa shape index (κ1) is 12.9. The van der Waals surface area contributed by atoms with Crippen LogP contribution in [0.15, 0.2) is 0 Å². The fraction of sp³-hybridized carbons (Fsp3) is 1.00. The van der Waals surface area contributed by atoms with Crippen molar-refractivity contribution in [1.29, 1.82) is 0 Å². The van der Waals surface area contributed by atoms with Crippen LogP contribution >= 0.6 is 0 Å². The van der Waals surface area contributed by atoms with E-state index in [1.165, 1.54) is 0 Å². The van der Waals surface area contributed by atoms with Crippen LogP contribution in [0.25, 0.3) is 0 Å². The van der Waals surface area contributed by atoms with Crippen LogP contribution in [-0.4, -0.2) is 56.2 Å². The molecule has 0 aliphatic carbocycles. The third kappa shape index (κ3) is 9.83. The normalized spacial score (nSPS) is 16.1. The lowest BCUT2D eigenvalue weighted by molar-refractivity contribution is -0.0389. The van der Waals surface area contributed by atoms with Gasteiger partial charge < -0.3 is 25.2 Å². The molecule has 0 aromatic carbocycles. The van der Waals surface area contributed by atoms with E-state index in [4.69, 9.17) is 15.3 Å². The van der Waals surface area contributed by atoms with E-state index in [1.807, 2.05) is 0 Å². The van der Waals surface area contributed by atoms with Crippen LogP contribution < -0.4 is 5.32 Å². The summed E-state index contributed by atoms with van der Waals surface area (Å²) in [5.41, 5.74) is 0. The van der Waals surface area contributed by atoms with Crippen molar-refractivity contribution in [1.82, 2.24) is 5.32 Å². The molecule has 13 heavy (non-hydrogen) atoms. The summed E-state index contributed by atoms with van der Waals surface area (Å²) >= 11 is -2.64. The summed E-state index contributed by atoms with van der Waals surface area (Å²) in [5.74, 6) is 0. The van der Waals surface area contributed by atoms with Gasteiger partial charge in [-0.25, -0.2) is 4.21 Å². The van der Waals surface area contributed by atoms with E-state index in [0.717, 1.165) is 0 Å². The highest BCUT2D eigenvalue weighted by Gasteiger charge is 2.04. The third-order valence-electron chi connectivity index (χ3n) is 1.06. The number of hydrogen-bond acceptors (Lipinski definition) is 7. The van der Waals surface area contributed by atoms with Crippen LogP contribution in [0.2, 0.25) is 0 Å². The minimum absolute atomic E-state index is 0.0226. The maximum absolute atomic E-state index is 9.85. The summed E-state index contributed by atoms with van der Waals surface area (Å²) in [7, 11) is 0. The second-order valence-corrected chi connectivity index (χ2v) is 2.93. The minimum Gasteiger partial charge on any atom is -0.750 e. The Morgan fingerprint density at radius 3 is 2.46 bits per heavy atom. The molecule has 2 unspecified atom stereocenters. The molecule has 0 fully saturated rings. The molecule has 0 amide bonds. The zero-order valence-corrected chi connectivity index (χ0v) is 7.57. The second kappa shape index (κ2) is 7.33. The summed E-state index contributed by atoms with van der Waals surface area (Å²) in [6.07, 6.45) is -2.50. The van der Waals surface area contributed by atoms with E-state index >= 15 is 0 Å². The number of hydrogen-bond donors (Lipinski definition) is 4. The maximum atomic E-state index is 9.85. The quantitative estimate of drug-likeness (QED) is 0.264. The summed E-state index contributed by atoms with van der Waals surface area (Å²) in [5, 5.41) is 28.2. The van der Waals surface area contributed by atoms with Gasteiger partial charge in [-0.3, -0.25) is 4.18 Å². The molecule has 0 radical (unpaired) electrons. The molecule has 0 bridgehead atoms. The molecule has 0 rings (SSSR count). The van der Waals surface area contributed by atoms with Gasteiger partial charge in [-0.1, -0.05) is 0 Å². The molecule has 0 aromatic heterocycles.